The normalized spacial score (nSPS) is 11.4. The van der Waals surface area contributed by atoms with E-state index in [9.17, 15) is 9.59 Å². The molecular formula is C23H24N4O3S3. The topological polar surface area (TPSA) is 82.1 Å². The van der Waals surface area contributed by atoms with E-state index in [1.54, 1.807) is 15.4 Å². The summed E-state index contributed by atoms with van der Waals surface area (Å²) in [5.41, 5.74) is 0.987. The molecule has 1 aromatic carbocycles. The maximum absolute atomic E-state index is 13.5. The fraction of sp³-hybridized carbons (Fsp3) is 0.304. The monoisotopic (exact) mass is 500 g/mol. The third kappa shape index (κ3) is 5.45. The Morgan fingerprint density at radius 3 is 2.73 bits per heavy atom. The number of amides is 1. The van der Waals surface area contributed by atoms with Crippen molar-refractivity contribution < 1.29 is 9.21 Å². The Bertz CT molecular complexity index is 1360. The Hall–Kier alpha value is -2.69. The summed E-state index contributed by atoms with van der Waals surface area (Å²) >= 11 is 8.02. The zero-order chi connectivity index (χ0) is 23.4. The van der Waals surface area contributed by atoms with E-state index in [-0.39, 0.29) is 17.2 Å². The van der Waals surface area contributed by atoms with Crippen LogP contribution in [-0.2, 0) is 11.3 Å². The van der Waals surface area contributed by atoms with Crippen molar-refractivity contribution in [2.45, 2.75) is 32.0 Å². The molecule has 0 aliphatic heterocycles. The van der Waals surface area contributed by atoms with Crippen LogP contribution in [0.2, 0.25) is 0 Å². The fourth-order valence-corrected chi connectivity index (χ4v) is 5.35. The molecule has 0 unspecified atom stereocenters. The summed E-state index contributed by atoms with van der Waals surface area (Å²) in [7, 11) is 0. The van der Waals surface area contributed by atoms with Gasteiger partial charge in [-0.15, -0.1) is 0 Å². The highest BCUT2D eigenvalue weighted by molar-refractivity contribution is 7.99. The molecule has 1 N–H and O–H groups in total. The van der Waals surface area contributed by atoms with E-state index in [0.717, 1.165) is 12.2 Å². The average Bonchev–Trinajstić information content (AvgIpc) is 3.41. The van der Waals surface area contributed by atoms with Gasteiger partial charge in [0.1, 0.15) is 10.5 Å². The second kappa shape index (κ2) is 10.5. The molecular weight excluding hydrogens is 476 g/mol. The molecule has 0 fully saturated rings. The standard InChI is InChI=1S/C23H24N4O3S3/c1-15(2)10-11-24-18(28)14-32-22-25-20-19(21(29)27(22)16-7-4-3-5-8-16)33-23(31)26(20)13-17-9-6-12-30-17/h3-9,12,15H,10-11,13-14H2,1-2H3,(H,24,28). The third-order valence-electron chi connectivity index (χ3n) is 4.94. The van der Waals surface area contributed by atoms with Crippen molar-refractivity contribution >= 4 is 51.6 Å². The zero-order valence-corrected chi connectivity index (χ0v) is 20.8. The highest BCUT2D eigenvalue weighted by Gasteiger charge is 2.19. The second-order valence-corrected chi connectivity index (χ2v) is 10.5. The number of nitrogens with one attached hydrogen (secondary N) is 1. The van der Waals surface area contributed by atoms with Crippen molar-refractivity contribution in [3.8, 4) is 5.69 Å². The number of rotatable bonds is 9. The van der Waals surface area contributed by atoms with Gasteiger partial charge in [-0.2, -0.15) is 0 Å². The predicted octanol–water partition coefficient (Wildman–Crippen LogP) is 4.87. The summed E-state index contributed by atoms with van der Waals surface area (Å²) in [4.78, 5) is 30.7. The Kier molecular flexibility index (Phi) is 7.46. The molecule has 0 radical (unpaired) electrons. The highest BCUT2D eigenvalue weighted by Crippen LogP contribution is 2.25. The fourth-order valence-electron chi connectivity index (χ4n) is 3.26. The molecule has 0 saturated heterocycles. The van der Waals surface area contributed by atoms with Gasteiger partial charge in [0.05, 0.1) is 24.2 Å². The number of furan rings is 1. The lowest BCUT2D eigenvalue weighted by atomic mass is 10.1. The molecule has 3 heterocycles. The van der Waals surface area contributed by atoms with Gasteiger partial charge >= 0.3 is 0 Å². The molecule has 0 spiro atoms. The molecule has 3 aromatic heterocycles. The third-order valence-corrected chi connectivity index (χ3v) is 7.31. The van der Waals surface area contributed by atoms with E-state index in [2.05, 4.69) is 19.2 Å². The number of hydrogen-bond acceptors (Lipinski definition) is 7. The van der Waals surface area contributed by atoms with Gasteiger partial charge in [-0.3, -0.25) is 18.7 Å². The molecule has 0 aliphatic rings. The first-order valence-corrected chi connectivity index (χ1v) is 12.8. The Balaban J connectivity index is 1.73. The van der Waals surface area contributed by atoms with Gasteiger partial charge in [-0.05, 0) is 48.8 Å². The van der Waals surface area contributed by atoms with Crippen LogP contribution in [-0.4, -0.2) is 32.3 Å². The second-order valence-electron chi connectivity index (χ2n) is 7.88. The van der Waals surface area contributed by atoms with Crippen molar-refractivity contribution in [1.29, 1.82) is 0 Å². The van der Waals surface area contributed by atoms with Crippen molar-refractivity contribution in [3.63, 3.8) is 0 Å². The van der Waals surface area contributed by atoms with Gasteiger partial charge < -0.3 is 9.73 Å². The van der Waals surface area contributed by atoms with Crippen LogP contribution >= 0.6 is 35.3 Å². The molecule has 7 nitrogen and oxygen atoms in total. The molecule has 10 heteroatoms. The van der Waals surface area contributed by atoms with Gasteiger partial charge in [0.25, 0.3) is 5.56 Å². The van der Waals surface area contributed by atoms with Crippen molar-refractivity contribution in [2.75, 3.05) is 12.3 Å². The number of benzene rings is 1. The molecule has 0 aliphatic carbocycles. The first-order valence-electron chi connectivity index (χ1n) is 10.6. The number of fused-ring (bicyclic) bond motifs is 1. The number of hydrogen-bond donors (Lipinski definition) is 1. The number of para-hydroxylation sites is 1. The Morgan fingerprint density at radius 1 is 1.24 bits per heavy atom. The van der Waals surface area contributed by atoms with Gasteiger partial charge in [-0.25, -0.2) is 4.98 Å². The predicted molar refractivity (Wildman–Crippen MR) is 135 cm³/mol. The molecule has 0 atom stereocenters. The van der Waals surface area contributed by atoms with Gasteiger partial charge in [0, 0.05) is 6.54 Å². The molecule has 4 rings (SSSR count). The minimum Gasteiger partial charge on any atom is -0.467 e. The van der Waals surface area contributed by atoms with Crippen molar-refractivity contribution in [1.82, 2.24) is 19.4 Å². The van der Waals surface area contributed by atoms with E-state index in [4.69, 9.17) is 21.6 Å². The van der Waals surface area contributed by atoms with Crippen LogP contribution in [0.3, 0.4) is 0 Å². The maximum Gasteiger partial charge on any atom is 0.278 e. The number of carbonyl (C=O) groups is 1. The number of nitrogens with zero attached hydrogens (tertiary/aromatic N) is 3. The van der Waals surface area contributed by atoms with Gasteiger partial charge in [-0.1, -0.05) is 55.1 Å². The molecule has 0 bridgehead atoms. The molecule has 4 aromatic rings. The van der Waals surface area contributed by atoms with Crippen LogP contribution in [0.25, 0.3) is 16.0 Å². The lowest BCUT2D eigenvalue weighted by Crippen LogP contribution is -2.28. The summed E-state index contributed by atoms with van der Waals surface area (Å²) in [6.07, 6.45) is 2.52. The average molecular weight is 501 g/mol. The smallest absolute Gasteiger partial charge is 0.278 e. The Labute approximate surface area is 204 Å². The number of thioether (sulfide) groups is 1. The van der Waals surface area contributed by atoms with E-state index < -0.39 is 0 Å². The van der Waals surface area contributed by atoms with Crippen molar-refractivity contribution in [2.24, 2.45) is 5.92 Å². The number of carbonyl (C=O) groups excluding carboxylic acids is 1. The molecule has 1 amide bonds. The summed E-state index contributed by atoms with van der Waals surface area (Å²) in [6.45, 7) is 5.24. The van der Waals surface area contributed by atoms with Crippen LogP contribution in [0.5, 0.6) is 0 Å². The van der Waals surface area contributed by atoms with E-state index in [0.29, 0.717) is 44.2 Å². The number of aromatic nitrogens is 3. The molecule has 172 valence electrons. The van der Waals surface area contributed by atoms with Crippen LogP contribution in [0, 0.1) is 9.87 Å². The minimum absolute atomic E-state index is 0.0904. The first-order chi connectivity index (χ1) is 15.9. The van der Waals surface area contributed by atoms with Crippen molar-refractivity contribution in [3.05, 3.63) is 68.8 Å². The largest absolute Gasteiger partial charge is 0.467 e. The first kappa shape index (κ1) is 23.5. The lowest BCUT2D eigenvalue weighted by molar-refractivity contribution is -0.118. The molecule has 0 saturated carbocycles. The quantitative estimate of drug-likeness (QED) is 0.201. The SMILES string of the molecule is CC(C)CCNC(=O)CSc1nc2c(sc(=S)n2Cc2ccco2)c(=O)n1-c1ccccc1. The summed E-state index contributed by atoms with van der Waals surface area (Å²) < 4.78 is 9.84. The summed E-state index contributed by atoms with van der Waals surface area (Å²) in [5, 5.41) is 3.38. The summed E-state index contributed by atoms with van der Waals surface area (Å²) in [6, 6.07) is 13.0. The van der Waals surface area contributed by atoms with Gasteiger partial charge in [0.15, 0.2) is 14.8 Å². The van der Waals surface area contributed by atoms with E-state index >= 15 is 0 Å². The van der Waals surface area contributed by atoms with Crippen LogP contribution in [0.4, 0.5) is 0 Å². The number of thiazole rings is 1. The molecule has 33 heavy (non-hydrogen) atoms. The summed E-state index contributed by atoms with van der Waals surface area (Å²) in [5.74, 6) is 1.30. The van der Waals surface area contributed by atoms with E-state index in [1.165, 1.54) is 23.1 Å². The van der Waals surface area contributed by atoms with E-state index in [1.807, 2.05) is 42.5 Å². The van der Waals surface area contributed by atoms with Crippen LogP contribution in [0.15, 0.2) is 63.1 Å². The zero-order valence-electron chi connectivity index (χ0n) is 18.3. The van der Waals surface area contributed by atoms with Crippen LogP contribution < -0.4 is 10.9 Å². The minimum atomic E-state index is -0.205. The maximum atomic E-state index is 13.5. The van der Waals surface area contributed by atoms with Crippen LogP contribution in [0.1, 0.15) is 26.0 Å². The lowest BCUT2D eigenvalue weighted by Gasteiger charge is -2.13. The highest BCUT2D eigenvalue weighted by atomic mass is 32.2. The van der Waals surface area contributed by atoms with Gasteiger partial charge in [0.2, 0.25) is 5.91 Å². The Morgan fingerprint density at radius 2 is 2.03 bits per heavy atom.